The summed E-state index contributed by atoms with van der Waals surface area (Å²) in [7, 11) is 0. The van der Waals surface area contributed by atoms with E-state index in [4.69, 9.17) is 5.73 Å². The highest BCUT2D eigenvalue weighted by molar-refractivity contribution is 5.89. The Labute approximate surface area is 80.3 Å². The van der Waals surface area contributed by atoms with E-state index in [1.54, 1.807) is 18.4 Å². The molecule has 1 aromatic carbocycles. The van der Waals surface area contributed by atoms with Gasteiger partial charge in [0.15, 0.2) is 5.88 Å². The average Bonchev–Trinajstić information content (AvgIpc) is 2.53. The molecule has 2 aromatic rings. The second-order valence-electron chi connectivity index (χ2n) is 3.03. The molecule has 0 aliphatic carbocycles. The average molecular weight is 189 g/mol. The van der Waals surface area contributed by atoms with Gasteiger partial charge in [-0.1, -0.05) is 18.2 Å². The second kappa shape index (κ2) is 3.16. The maximum atomic E-state index is 10.4. The monoisotopic (exact) mass is 189 g/mol. The van der Waals surface area contributed by atoms with Crippen molar-refractivity contribution in [2.24, 2.45) is 5.73 Å². The number of rotatable bonds is 2. The number of carbonyl (C=O) groups excluding carboxylic acids is 1. The zero-order valence-corrected chi connectivity index (χ0v) is 7.32. The summed E-state index contributed by atoms with van der Waals surface area (Å²) >= 11 is 0. The molecule has 1 heterocycles. The normalized spacial score (nSPS) is 12.9. The van der Waals surface area contributed by atoms with Crippen LogP contribution < -0.4 is 5.73 Å². The summed E-state index contributed by atoms with van der Waals surface area (Å²) in [5, 5.41) is 10.3. The van der Waals surface area contributed by atoms with E-state index in [2.05, 4.69) is 4.98 Å². The van der Waals surface area contributed by atoms with E-state index >= 15 is 0 Å². The molecule has 0 bridgehead atoms. The molecule has 2 rings (SSSR count). The quantitative estimate of drug-likeness (QED) is 0.658. The van der Waals surface area contributed by atoms with Crippen LogP contribution >= 0.6 is 0 Å². The molecule has 71 valence electrons. The Morgan fingerprint density at radius 3 is 2.86 bits per heavy atom. The number of aromatic amines is 1. The Hall–Kier alpha value is -1.81. The number of nitrogens with one attached hydrogen (secondary N) is 1. The van der Waals surface area contributed by atoms with E-state index < -0.39 is 6.04 Å². The van der Waals surface area contributed by atoms with Crippen LogP contribution in [0.5, 0.6) is 5.88 Å². The van der Waals surface area contributed by atoms with Crippen LogP contribution in [0.2, 0.25) is 0 Å². The van der Waals surface area contributed by atoms with Crippen molar-refractivity contribution in [1.29, 1.82) is 0 Å². The fraction of sp³-hybridized carbons (Fsp3) is 0.100. The number of aromatic hydroxyl groups is 1. The van der Waals surface area contributed by atoms with Gasteiger partial charge in [0.1, 0.15) is 6.04 Å². The number of aromatic nitrogens is 1. The van der Waals surface area contributed by atoms with Gasteiger partial charge in [-0.2, -0.15) is 0 Å². The second-order valence-corrected chi connectivity index (χ2v) is 3.03. The minimum absolute atomic E-state index is 0.0675. The predicted molar refractivity (Wildman–Crippen MR) is 52.6 cm³/mol. The summed E-state index contributed by atoms with van der Waals surface area (Å²) in [4.78, 5) is 13.2. The van der Waals surface area contributed by atoms with Crippen LogP contribution in [-0.4, -0.2) is 16.4 Å². The first-order valence-electron chi connectivity index (χ1n) is 4.17. The lowest BCUT2D eigenvalue weighted by atomic mass is 10.1. The summed E-state index contributed by atoms with van der Waals surface area (Å²) in [5.41, 5.74) is 6.66. The van der Waals surface area contributed by atoms with Crippen molar-refractivity contribution in [3.63, 3.8) is 0 Å². The van der Waals surface area contributed by atoms with Gasteiger partial charge in [-0.25, -0.2) is 0 Å². The summed E-state index contributed by atoms with van der Waals surface area (Å²) in [6.07, 6.45) is 1.65. The number of para-hydroxylation sites is 1. The van der Waals surface area contributed by atoms with Gasteiger partial charge in [0.25, 0.3) is 0 Å². The number of fused-ring (bicyclic) bond motifs is 1. The first-order valence-corrected chi connectivity index (χ1v) is 4.17. The van der Waals surface area contributed by atoms with Gasteiger partial charge in [0.2, 0.25) is 6.29 Å². The van der Waals surface area contributed by atoms with Crippen molar-refractivity contribution in [1.82, 2.24) is 4.98 Å². The maximum absolute atomic E-state index is 10.4. The highest BCUT2D eigenvalue weighted by Crippen LogP contribution is 2.30. The third-order valence-corrected chi connectivity index (χ3v) is 2.16. The smallest absolute Gasteiger partial charge is 0.221 e. The molecular weight excluding hydrogens is 180 g/mol. The number of nitrogens with two attached hydrogens (primary N) is 1. The number of H-pyrrole nitrogens is 1. The maximum Gasteiger partial charge on any atom is 0.221 e. The SMILES string of the molecule is NC([C]=O)c1c(O)[nH]c2ccccc12. The molecule has 0 aliphatic rings. The summed E-state index contributed by atoms with van der Waals surface area (Å²) in [6, 6.07) is 6.33. The largest absolute Gasteiger partial charge is 0.494 e. The molecule has 1 aromatic heterocycles. The number of hydrogen-bond acceptors (Lipinski definition) is 3. The fourth-order valence-corrected chi connectivity index (χ4v) is 1.52. The van der Waals surface area contributed by atoms with Crippen LogP contribution in [0, 0.1) is 0 Å². The number of benzene rings is 1. The lowest BCUT2D eigenvalue weighted by Crippen LogP contribution is -2.10. The van der Waals surface area contributed by atoms with Gasteiger partial charge < -0.3 is 15.8 Å². The Balaban J connectivity index is 2.73. The van der Waals surface area contributed by atoms with Crippen LogP contribution in [0.3, 0.4) is 0 Å². The van der Waals surface area contributed by atoms with Gasteiger partial charge in [0, 0.05) is 16.5 Å². The van der Waals surface area contributed by atoms with E-state index in [0.29, 0.717) is 5.56 Å². The molecule has 4 nitrogen and oxygen atoms in total. The summed E-state index contributed by atoms with van der Waals surface area (Å²) in [5.74, 6) is -0.0675. The third kappa shape index (κ3) is 1.16. The molecule has 0 saturated carbocycles. The van der Waals surface area contributed by atoms with Crippen molar-refractivity contribution in [2.75, 3.05) is 0 Å². The highest BCUT2D eigenvalue weighted by Gasteiger charge is 2.16. The lowest BCUT2D eigenvalue weighted by Gasteiger charge is -2.00. The zero-order valence-electron chi connectivity index (χ0n) is 7.32. The van der Waals surface area contributed by atoms with Crippen molar-refractivity contribution in [3.8, 4) is 5.88 Å². The van der Waals surface area contributed by atoms with E-state index in [1.165, 1.54) is 0 Å². The van der Waals surface area contributed by atoms with Crippen LogP contribution in [0.25, 0.3) is 10.9 Å². The molecule has 0 spiro atoms. The Kier molecular flexibility index (Phi) is 1.98. The molecule has 4 heteroatoms. The third-order valence-electron chi connectivity index (χ3n) is 2.16. The minimum atomic E-state index is -0.911. The Morgan fingerprint density at radius 2 is 2.14 bits per heavy atom. The van der Waals surface area contributed by atoms with E-state index in [1.807, 2.05) is 12.1 Å². The van der Waals surface area contributed by atoms with Crippen LogP contribution in [0.4, 0.5) is 0 Å². The molecule has 0 fully saturated rings. The van der Waals surface area contributed by atoms with Crippen molar-refractivity contribution >= 4 is 17.2 Å². The molecule has 1 unspecified atom stereocenters. The Bertz CT molecular complexity index is 476. The fourth-order valence-electron chi connectivity index (χ4n) is 1.52. The molecule has 1 radical (unpaired) electrons. The van der Waals surface area contributed by atoms with Crippen LogP contribution in [-0.2, 0) is 4.79 Å². The van der Waals surface area contributed by atoms with Crippen LogP contribution in [0.15, 0.2) is 24.3 Å². The standard InChI is InChI=1S/C10H9N2O2/c11-7(5-13)9-6-3-1-2-4-8(6)12-10(9)14/h1-4,7,12,14H,11H2. The van der Waals surface area contributed by atoms with Gasteiger partial charge >= 0.3 is 0 Å². The van der Waals surface area contributed by atoms with Crippen molar-refractivity contribution in [3.05, 3.63) is 29.8 Å². The molecule has 4 N–H and O–H groups in total. The Morgan fingerprint density at radius 1 is 1.43 bits per heavy atom. The number of hydrogen-bond donors (Lipinski definition) is 3. The molecule has 1 atom stereocenters. The minimum Gasteiger partial charge on any atom is -0.494 e. The molecule has 0 amide bonds. The first-order chi connectivity index (χ1) is 6.74. The first kappa shape index (κ1) is 8.77. The van der Waals surface area contributed by atoms with Crippen molar-refractivity contribution in [2.45, 2.75) is 6.04 Å². The highest BCUT2D eigenvalue weighted by atomic mass is 16.3. The van der Waals surface area contributed by atoms with Gasteiger partial charge in [-0.15, -0.1) is 0 Å². The zero-order chi connectivity index (χ0) is 10.1. The van der Waals surface area contributed by atoms with Crippen molar-refractivity contribution < 1.29 is 9.90 Å². The lowest BCUT2D eigenvalue weighted by molar-refractivity contribution is 0.449. The van der Waals surface area contributed by atoms with Crippen LogP contribution in [0.1, 0.15) is 11.6 Å². The van der Waals surface area contributed by atoms with E-state index in [0.717, 1.165) is 10.9 Å². The molecule has 0 saturated heterocycles. The molecular formula is C10H9N2O2. The molecule has 14 heavy (non-hydrogen) atoms. The predicted octanol–water partition coefficient (Wildman–Crippen LogP) is 0.983. The van der Waals surface area contributed by atoms with E-state index in [-0.39, 0.29) is 5.88 Å². The van der Waals surface area contributed by atoms with Gasteiger partial charge in [0.05, 0.1) is 0 Å². The van der Waals surface area contributed by atoms with Gasteiger partial charge in [-0.05, 0) is 6.07 Å². The summed E-state index contributed by atoms with van der Waals surface area (Å²) < 4.78 is 0. The van der Waals surface area contributed by atoms with Gasteiger partial charge in [-0.3, -0.25) is 4.79 Å². The molecule has 0 aliphatic heterocycles. The topological polar surface area (TPSA) is 79.1 Å². The van der Waals surface area contributed by atoms with E-state index in [9.17, 15) is 9.90 Å². The summed E-state index contributed by atoms with van der Waals surface area (Å²) in [6.45, 7) is 0.